The number of benzene rings is 2. The molecular formula is C23H31N3O4S. The van der Waals surface area contributed by atoms with Gasteiger partial charge in [0.1, 0.15) is 5.75 Å². The number of carbonyl (C=O) groups excluding carboxylic acids is 1. The van der Waals surface area contributed by atoms with E-state index in [0.29, 0.717) is 29.1 Å². The summed E-state index contributed by atoms with van der Waals surface area (Å²) in [6.45, 7) is 2.25. The van der Waals surface area contributed by atoms with Gasteiger partial charge >= 0.3 is 0 Å². The molecule has 0 atom stereocenters. The van der Waals surface area contributed by atoms with Crippen LogP contribution < -0.4 is 14.8 Å². The molecule has 0 heterocycles. The number of likely N-dealkylation sites (N-methyl/N-ethyl adjacent to an activating group) is 1. The van der Waals surface area contributed by atoms with E-state index in [1.165, 1.54) is 6.07 Å². The lowest BCUT2D eigenvalue weighted by Crippen LogP contribution is -2.50. The van der Waals surface area contributed by atoms with Crippen molar-refractivity contribution in [1.29, 1.82) is 0 Å². The van der Waals surface area contributed by atoms with Crippen LogP contribution in [0.2, 0.25) is 0 Å². The van der Waals surface area contributed by atoms with Gasteiger partial charge in [-0.05, 0) is 75.8 Å². The van der Waals surface area contributed by atoms with Gasteiger partial charge in [-0.1, -0.05) is 18.9 Å². The molecule has 1 aliphatic rings. The molecule has 0 aromatic heterocycles. The summed E-state index contributed by atoms with van der Waals surface area (Å²) in [6.07, 6.45) is 4.38. The minimum Gasteiger partial charge on any atom is -0.497 e. The van der Waals surface area contributed by atoms with Gasteiger partial charge in [0.2, 0.25) is 0 Å². The number of aryl methyl sites for hydroxylation is 1. The van der Waals surface area contributed by atoms with Gasteiger partial charge in [0.05, 0.1) is 12.0 Å². The predicted molar refractivity (Wildman–Crippen MR) is 122 cm³/mol. The molecule has 2 N–H and O–H groups in total. The number of carbonyl (C=O) groups is 1. The van der Waals surface area contributed by atoms with Crippen molar-refractivity contribution in [3.8, 4) is 5.75 Å². The Morgan fingerprint density at radius 2 is 1.74 bits per heavy atom. The molecule has 3 rings (SSSR count). The lowest BCUT2D eigenvalue weighted by Gasteiger charge is -2.36. The second kappa shape index (κ2) is 9.28. The smallest absolute Gasteiger partial charge is 0.262 e. The monoisotopic (exact) mass is 445 g/mol. The molecule has 31 heavy (non-hydrogen) atoms. The van der Waals surface area contributed by atoms with Gasteiger partial charge in [-0.15, -0.1) is 0 Å². The maximum absolute atomic E-state index is 13.0. The van der Waals surface area contributed by atoms with Gasteiger partial charge in [0, 0.05) is 23.3 Å². The first-order chi connectivity index (χ1) is 14.7. The Bertz CT molecular complexity index is 1030. The zero-order valence-corrected chi connectivity index (χ0v) is 19.4. The highest BCUT2D eigenvalue weighted by Crippen LogP contribution is 2.33. The molecular weight excluding hydrogens is 414 g/mol. The van der Waals surface area contributed by atoms with Gasteiger partial charge in [0.25, 0.3) is 15.9 Å². The molecule has 0 bridgehead atoms. The number of nitrogens with zero attached hydrogens (tertiary/aromatic N) is 1. The van der Waals surface area contributed by atoms with E-state index in [1.807, 2.05) is 14.1 Å². The normalized spacial score (nSPS) is 15.6. The van der Waals surface area contributed by atoms with E-state index in [9.17, 15) is 13.2 Å². The number of amides is 1. The molecule has 1 saturated carbocycles. The van der Waals surface area contributed by atoms with Crippen molar-refractivity contribution in [3.05, 3.63) is 53.6 Å². The first kappa shape index (κ1) is 23.1. The van der Waals surface area contributed by atoms with E-state index in [0.717, 1.165) is 25.7 Å². The Labute approximate surface area is 184 Å². The number of sulfonamides is 1. The average Bonchev–Trinajstić information content (AvgIpc) is 3.23. The summed E-state index contributed by atoms with van der Waals surface area (Å²) >= 11 is 0. The third-order valence-electron chi connectivity index (χ3n) is 6.14. The van der Waals surface area contributed by atoms with Gasteiger partial charge in [0.15, 0.2) is 0 Å². The Morgan fingerprint density at radius 1 is 1.10 bits per heavy atom. The quantitative estimate of drug-likeness (QED) is 0.650. The molecule has 168 valence electrons. The zero-order chi connectivity index (χ0) is 22.6. The summed E-state index contributed by atoms with van der Waals surface area (Å²) in [6, 6.07) is 11.4. The summed E-state index contributed by atoms with van der Waals surface area (Å²) < 4.78 is 33.6. The van der Waals surface area contributed by atoms with Crippen LogP contribution in [0, 0.1) is 6.92 Å². The third kappa shape index (κ3) is 5.19. The molecule has 0 spiro atoms. The number of hydrogen-bond donors (Lipinski definition) is 2. The Morgan fingerprint density at radius 3 is 2.32 bits per heavy atom. The number of anilines is 1. The Kier molecular flexibility index (Phi) is 6.91. The second-order valence-corrected chi connectivity index (χ2v) is 9.97. The van der Waals surface area contributed by atoms with Crippen molar-refractivity contribution >= 4 is 21.6 Å². The van der Waals surface area contributed by atoms with E-state index in [1.54, 1.807) is 50.4 Å². The molecule has 7 nitrogen and oxygen atoms in total. The van der Waals surface area contributed by atoms with Crippen molar-refractivity contribution in [1.82, 2.24) is 10.2 Å². The van der Waals surface area contributed by atoms with Crippen molar-refractivity contribution in [2.75, 3.05) is 32.5 Å². The number of rotatable bonds is 8. The van der Waals surface area contributed by atoms with Crippen LogP contribution in [0.15, 0.2) is 47.4 Å². The van der Waals surface area contributed by atoms with Crippen LogP contribution in [0.1, 0.15) is 41.6 Å². The Balaban J connectivity index is 1.77. The van der Waals surface area contributed by atoms with Crippen LogP contribution in [0.25, 0.3) is 0 Å². The first-order valence-electron chi connectivity index (χ1n) is 10.4. The van der Waals surface area contributed by atoms with Gasteiger partial charge < -0.3 is 15.0 Å². The molecule has 0 aliphatic heterocycles. The minimum absolute atomic E-state index is 0.0365. The molecule has 2 aromatic carbocycles. The lowest BCUT2D eigenvalue weighted by atomic mass is 9.96. The average molecular weight is 446 g/mol. The molecule has 0 saturated heterocycles. The molecule has 1 amide bonds. The summed E-state index contributed by atoms with van der Waals surface area (Å²) in [7, 11) is 1.77. The van der Waals surface area contributed by atoms with Crippen LogP contribution in [0.4, 0.5) is 5.69 Å². The number of nitrogens with one attached hydrogen (secondary N) is 2. The van der Waals surface area contributed by atoms with Crippen LogP contribution >= 0.6 is 0 Å². The van der Waals surface area contributed by atoms with Crippen LogP contribution in [-0.2, 0) is 10.0 Å². The van der Waals surface area contributed by atoms with Crippen molar-refractivity contribution < 1.29 is 17.9 Å². The fourth-order valence-corrected chi connectivity index (χ4v) is 5.39. The van der Waals surface area contributed by atoms with Crippen molar-refractivity contribution in [2.45, 2.75) is 43.0 Å². The molecule has 0 unspecified atom stereocenters. The fourth-order valence-electron chi connectivity index (χ4n) is 4.06. The first-order valence-corrected chi connectivity index (χ1v) is 11.9. The van der Waals surface area contributed by atoms with Crippen LogP contribution in [0.5, 0.6) is 5.75 Å². The minimum atomic E-state index is -3.85. The largest absolute Gasteiger partial charge is 0.497 e. The zero-order valence-electron chi connectivity index (χ0n) is 18.6. The van der Waals surface area contributed by atoms with Crippen molar-refractivity contribution in [2.24, 2.45) is 0 Å². The molecule has 2 aromatic rings. The molecule has 0 radical (unpaired) electrons. The number of ether oxygens (including phenoxy) is 1. The summed E-state index contributed by atoms with van der Waals surface area (Å²) in [5.41, 5.74) is 1.28. The van der Waals surface area contributed by atoms with E-state index in [4.69, 9.17) is 4.74 Å². The van der Waals surface area contributed by atoms with Crippen molar-refractivity contribution in [3.63, 3.8) is 0 Å². The number of hydrogen-bond acceptors (Lipinski definition) is 5. The SMILES string of the molecule is COc1ccc(NS(=O)(=O)c2cc(C(=O)NCC3(N(C)C)CCCC3)ccc2C)cc1. The highest BCUT2D eigenvalue weighted by molar-refractivity contribution is 7.92. The second-order valence-electron chi connectivity index (χ2n) is 8.32. The van der Waals surface area contributed by atoms with E-state index in [-0.39, 0.29) is 16.3 Å². The lowest BCUT2D eigenvalue weighted by molar-refractivity contribution is 0.0900. The Hall–Kier alpha value is -2.58. The molecule has 1 aliphatic carbocycles. The maximum atomic E-state index is 13.0. The third-order valence-corrected chi connectivity index (χ3v) is 7.67. The number of methoxy groups -OCH3 is 1. The van der Waals surface area contributed by atoms with Crippen LogP contribution in [0.3, 0.4) is 0 Å². The van der Waals surface area contributed by atoms with Crippen LogP contribution in [-0.4, -0.2) is 52.5 Å². The fraction of sp³-hybridized carbons (Fsp3) is 0.435. The van der Waals surface area contributed by atoms with E-state index >= 15 is 0 Å². The summed E-state index contributed by atoms with van der Waals surface area (Å²) in [5, 5.41) is 3.01. The molecule has 1 fully saturated rings. The van der Waals surface area contributed by atoms with Gasteiger partial charge in [-0.25, -0.2) is 8.42 Å². The summed E-state index contributed by atoms with van der Waals surface area (Å²) in [5.74, 6) is 0.365. The highest BCUT2D eigenvalue weighted by atomic mass is 32.2. The molecule has 8 heteroatoms. The van der Waals surface area contributed by atoms with Gasteiger partial charge in [-0.2, -0.15) is 0 Å². The van der Waals surface area contributed by atoms with E-state index in [2.05, 4.69) is 14.9 Å². The van der Waals surface area contributed by atoms with Gasteiger partial charge in [-0.3, -0.25) is 9.52 Å². The van der Waals surface area contributed by atoms with E-state index < -0.39 is 10.0 Å². The summed E-state index contributed by atoms with van der Waals surface area (Å²) in [4.78, 5) is 15.1. The topological polar surface area (TPSA) is 87.7 Å². The highest BCUT2D eigenvalue weighted by Gasteiger charge is 2.36. The standard InChI is InChI=1S/C23H31N3O4S/c1-17-7-8-18(22(27)24-16-23(26(2)3)13-5-6-14-23)15-21(17)31(28,29)25-19-9-11-20(30-4)12-10-19/h7-12,15,25H,5-6,13-14,16H2,1-4H3,(H,24,27). The predicted octanol–water partition coefficient (Wildman–Crippen LogP) is 3.41. The maximum Gasteiger partial charge on any atom is 0.262 e.